The highest BCUT2D eigenvalue weighted by atomic mass is 16.5. The highest BCUT2D eigenvalue weighted by Gasteiger charge is 2.27. The van der Waals surface area contributed by atoms with E-state index in [-0.39, 0.29) is 6.61 Å². The van der Waals surface area contributed by atoms with Crippen LogP contribution in [0.2, 0.25) is 0 Å². The zero-order chi connectivity index (χ0) is 14.6. The number of hydrogen-bond acceptors (Lipinski definition) is 5. The summed E-state index contributed by atoms with van der Waals surface area (Å²) in [6.07, 6.45) is -1.39. The number of aliphatic hydroxyl groups is 1. The van der Waals surface area contributed by atoms with Gasteiger partial charge in [0, 0.05) is 5.56 Å². The molecule has 5 heteroatoms. The van der Waals surface area contributed by atoms with E-state index in [9.17, 15) is 9.90 Å². The Morgan fingerprint density at radius 2 is 1.95 bits per heavy atom. The molecule has 1 N–H and O–H groups in total. The molecular weight excluding hydrogens is 248 g/mol. The van der Waals surface area contributed by atoms with Gasteiger partial charge in [-0.3, -0.25) is 0 Å². The third-order valence-electron chi connectivity index (χ3n) is 3.02. The molecule has 0 aliphatic heterocycles. The predicted molar refractivity (Wildman–Crippen MR) is 70.6 cm³/mol. The van der Waals surface area contributed by atoms with Crippen molar-refractivity contribution in [2.75, 3.05) is 20.8 Å². The van der Waals surface area contributed by atoms with E-state index in [1.165, 1.54) is 14.2 Å². The Labute approximate surface area is 113 Å². The van der Waals surface area contributed by atoms with Crippen LogP contribution in [0.15, 0.2) is 6.07 Å². The molecule has 1 aromatic rings. The van der Waals surface area contributed by atoms with E-state index in [0.717, 1.165) is 11.1 Å². The van der Waals surface area contributed by atoms with E-state index >= 15 is 0 Å². The molecule has 0 saturated carbocycles. The normalized spacial score (nSPS) is 11.9. The van der Waals surface area contributed by atoms with E-state index in [2.05, 4.69) is 0 Å². The molecule has 0 aliphatic rings. The predicted octanol–water partition coefficient (Wildman–Crippen LogP) is 1.92. The highest BCUT2D eigenvalue weighted by Crippen LogP contribution is 2.39. The van der Waals surface area contributed by atoms with E-state index in [1.807, 2.05) is 13.8 Å². The first-order valence-corrected chi connectivity index (χ1v) is 6.04. The van der Waals surface area contributed by atoms with Gasteiger partial charge in [-0.25, -0.2) is 4.79 Å². The number of aryl methyl sites for hydroxylation is 1. The van der Waals surface area contributed by atoms with Crippen molar-refractivity contribution in [3.8, 4) is 11.5 Å². The molecular formula is C14H20O5. The first kappa shape index (κ1) is 15.3. The van der Waals surface area contributed by atoms with Crippen molar-refractivity contribution in [1.29, 1.82) is 0 Å². The molecule has 0 heterocycles. The number of ether oxygens (including phenoxy) is 3. The summed E-state index contributed by atoms with van der Waals surface area (Å²) in [5.41, 5.74) is 2.06. The summed E-state index contributed by atoms with van der Waals surface area (Å²) < 4.78 is 15.3. The van der Waals surface area contributed by atoms with Crippen LogP contribution in [0.25, 0.3) is 0 Å². The summed E-state index contributed by atoms with van der Waals surface area (Å²) >= 11 is 0. The lowest BCUT2D eigenvalue weighted by molar-refractivity contribution is -0.153. The fraction of sp³-hybridized carbons (Fsp3) is 0.500. The fourth-order valence-corrected chi connectivity index (χ4v) is 1.92. The first-order chi connectivity index (χ1) is 8.97. The average molecular weight is 268 g/mol. The van der Waals surface area contributed by atoms with Crippen LogP contribution in [0.5, 0.6) is 11.5 Å². The van der Waals surface area contributed by atoms with Gasteiger partial charge in [0.05, 0.1) is 20.8 Å². The molecule has 1 rings (SSSR count). The molecule has 0 aromatic heterocycles. The number of rotatable bonds is 5. The van der Waals surface area contributed by atoms with Gasteiger partial charge in [0.1, 0.15) is 0 Å². The molecule has 0 spiro atoms. The third kappa shape index (κ3) is 2.98. The van der Waals surface area contributed by atoms with Crippen LogP contribution < -0.4 is 9.47 Å². The minimum atomic E-state index is -1.39. The largest absolute Gasteiger partial charge is 0.493 e. The summed E-state index contributed by atoms with van der Waals surface area (Å²) in [4.78, 5) is 11.7. The maximum absolute atomic E-state index is 11.7. The minimum absolute atomic E-state index is 0.209. The van der Waals surface area contributed by atoms with Crippen LogP contribution in [-0.2, 0) is 9.53 Å². The first-order valence-electron chi connectivity index (χ1n) is 6.04. The molecule has 19 heavy (non-hydrogen) atoms. The molecule has 0 amide bonds. The molecule has 0 bridgehead atoms. The Bertz CT molecular complexity index is 467. The van der Waals surface area contributed by atoms with Crippen LogP contribution in [-0.4, -0.2) is 31.9 Å². The fourth-order valence-electron chi connectivity index (χ4n) is 1.92. The Kier molecular flexibility index (Phi) is 5.18. The summed E-state index contributed by atoms with van der Waals surface area (Å²) in [5, 5.41) is 10.1. The maximum atomic E-state index is 11.7. The number of hydrogen-bond donors (Lipinski definition) is 1. The van der Waals surface area contributed by atoms with E-state index in [4.69, 9.17) is 14.2 Å². The molecule has 0 radical (unpaired) electrons. The lowest BCUT2D eigenvalue weighted by Gasteiger charge is -2.20. The molecule has 0 aliphatic carbocycles. The Balaban J connectivity index is 3.38. The van der Waals surface area contributed by atoms with Gasteiger partial charge in [-0.15, -0.1) is 0 Å². The smallest absolute Gasteiger partial charge is 0.339 e. The topological polar surface area (TPSA) is 65.0 Å². The molecule has 0 saturated heterocycles. The standard InChI is InChI=1S/C14H20O5/c1-6-19-14(16)12(15)11-9(3)8(2)7-10(17-4)13(11)18-5/h7,12,15H,6H2,1-5H3. The van der Waals surface area contributed by atoms with Crippen molar-refractivity contribution in [3.63, 3.8) is 0 Å². The van der Waals surface area contributed by atoms with E-state index in [0.29, 0.717) is 17.1 Å². The van der Waals surface area contributed by atoms with Gasteiger partial charge in [0.15, 0.2) is 17.6 Å². The maximum Gasteiger partial charge on any atom is 0.339 e. The number of esters is 1. The minimum Gasteiger partial charge on any atom is -0.493 e. The lowest BCUT2D eigenvalue weighted by atomic mass is 9.97. The number of benzene rings is 1. The zero-order valence-electron chi connectivity index (χ0n) is 11.9. The summed E-state index contributed by atoms with van der Waals surface area (Å²) in [6.45, 7) is 5.58. The second-order valence-corrected chi connectivity index (χ2v) is 4.12. The average Bonchev–Trinajstić information content (AvgIpc) is 2.40. The van der Waals surface area contributed by atoms with Crippen molar-refractivity contribution < 1.29 is 24.1 Å². The summed E-state index contributed by atoms with van der Waals surface area (Å²) in [5.74, 6) is 0.131. The molecule has 1 atom stereocenters. The van der Waals surface area contributed by atoms with Crippen molar-refractivity contribution >= 4 is 5.97 Å². The van der Waals surface area contributed by atoms with Gasteiger partial charge in [0.25, 0.3) is 0 Å². The molecule has 5 nitrogen and oxygen atoms in total. The van der Waals surface area contributed by atoms with Gasteiger partial charge in [-0.05, 0) is 38.0 Å². The summed E-state index contributed by atoms with van der Waals surface area (Å²) in [7, 11) is 2.97. The van der Waals surface area contributed by atoms with Crippen molar-refractivity contribution in [1.82, 2.24) is 0 Å². The van der Waals surface area contributed by atoms with Gasteiger partial charge < -0.3 is 19.3 Å². The molecule has 1 aromatic carbocycles. The van der Waals surface area contributed by atoms with Crippen LogP contribution >= 0.6 is 0 Å². The Hall–Kier alpha value is -1.75. The van der Waals surface area contributed by atoms with Gasteiger partial charge >= 0.3 is 5.97 Å². The third-order valence-corrected chi connectivity index (χ3v) is 3.02. The monoisotopic (exact) mass is 268 g/mol. The number of carbonyl (C=O) groups is 1. The van der Waals surface area contributed by atoms with Crippen molar-refractivity contribution in [2.24, 2.45) is 0 Å². The van der Waals surface area contributed by atoms with E-state index < -0.39 is 12.1 Å². The molecule has 1 unspecified atom stereocenters. The zero-order valence-corrected chi connectivity index (χ0v) is 11.9. The van der Waals surface area contributed by atoms with Gasteiger partial charge in [0.2, 0.25) is 0 Å². The Morgan fingerprint density at radius 1 is 1.32 bits per heavy atom. The Morgan fingerprint density at radius 3 is 2.42 bits per heavy atom. The number of methoxy groups -OCH3 is 2. The number of carbonyl (C=O) groups excluding carboxylic acids is 1. The van der Waals surface area contributed by atoms with E-state index in [1.54, 1.807) is 13.0 Å². The summed E-state index contributed by atoms with van der Waals surface area (Å²) in [6, 6.07) is 1.80. The molecule has 106 valence electrons. The lowest BCUT2D eigenvalue weighted by Crippen LogP contribution is -2.18. The quantitative estimate of drug-likeness (QED) is 0.826. The van der Waals surface area contributed by atoms with Gasteiger partial charge in [-0.1, -0.05) is 0 Å². The van der Waals surface area contributed by atoms with Crippen molar-refractivity contribution in [2.45, 2.75) is 26.9 Å². The SMILES string of the molecule is CCOC(=O)C(O)c1c(C)c(C)cc(OC)c1OC. The van der Waals surface area contributed by atoms with Crippen molar-refractivity contribution in [3.05, 3.63) is 22.8 Å². The second-order valence-electron chi connectivity index (χ2n) is 4.12. The highest BCUT2D eigenvalue weighted by molar-refractivity contribution is 5.79. The number of aliphatic hydroxyl groups excluding tert-OH is 1. The van der Waals surface area contributed by atoms with Crippen LogP contribution in [0, 0.1) is 13.8 Å². The van der Waals surface area contributed by atoms with Crippen LogP contribution in [0.3, 0.4) is 0 Å². The van der Waals surface area contributed by atoms with Crippen LogP contribution in [0.4, 0.5) is 0 Å². The molecule has 0 fully saturated rings. The second kappa shape index (κ2) is 6.43. The van der Waals surface area contributed by atoms with Gasteiger partial charge in [-0.2, -0.15) is 0 Å². The van der Waals surface area contributed by atoms with Crippen LogP contribution in [0.1, 0.15) is 29.7 Å².